The summed E-state index contributed by atoms with van der Waals surface area (Å²) in [6, 6.07) is 26.0. The van der Waals surface area contributed by atoms with Gasteiger partial charge in [-0.2, -0.15) is 4.31 Å². The Bertz CT molecular complexity index is 1200. The van der Waals surface area contributed by atoms with E-state index in [2.05, 4.69) is 0 Å². The Morgan fingerprint density at radius 1 is 0.867 bits per heavy atom. The highest BCUT2D eigenvalue weighted by Crippen LogP contribution is 2.50. The SMILES string of the molecule is O=C(c1ccccc1)N1CCC2(C1)c1ccccc1S(=O)(=O)N2Cc1ccccc1. The Labute approximate surface area is 176 Å². The number of benzene rings is 3. The summed E-state index contributed by atoms with van der Waals surface area (Å²) in [6.45, 7) is 1.15. The quantitative estimate of drug-likeness (QED) is 0.653. The first-order valence-corrected chi connectivity index (χ1v) is 11.5. The fourth-order valence-electron chi connectivity index (χ4n) is 4.70. The number of fused-ring (bicyclic) bond motifs is 2. The van der Waals surface area contributed by atoms with Crippen LogP contribution in [-0.4, -0.2) is 36.6 Å². The molecule has 1 spiro atoms. The Hall–Kier alpha value is -2.96. The van der Waals surface area contributed by atoms with Crippen molar-refractivity contribution in [2.45, 2.75) is 23.4 Å². The molecule has 0 N–H and O–H groups in total. The topological polar surface area (TPSA) is 57.7 Å². The summed E-state index contributed by atoms with van der Waals surface area (Å²) in [5.41, 5.74) is 1.61. The summed E-state index contributed by atoms with van der Waals surface area (Å²) in [6.07, 6.45) is 0.578. The zero-order chi connectivity index (χ0) is 20.8. The molecule has 0 aliphatic carbocycles. The molecule has 5 rings (SSSR count). The number of carbonyl (C=O) groups excluding carboxylic acids is 1. The van der Waals surface area contributed by atoms with Gasteiger partial charge in [0.2, 0.25) is 10.0 Å². The van der Waals surface area contributed by atoms with Crippen LogP contribution in [0.1, 0.15) is 27.9 Å². The predicted octanol–water partition coefficient (Wildman–Crippen LogP) is 3.63. The second-order valence-corrected chi connectivity index (χ2v) is 9.70. The normalized spacial score (nSPS) is 22.3. The molecule has 1 atom stereocenters. The summed E-state index contributed by atoms with van der Waals surface area (Å²) >= 11 is 0. The van der Waals surface area contributed by atoms with Crippen LogP contribution in [0, 0.1) is 0 Å². The van der Waals surface area contributed by atoms with Crippen LogP contribution < -0.4 is 0 Å². The molecule has 2 heterocycles. The van der Waals surface area contributed by atoms with Crippen molar-refractivity contribution < 1.29 is 13.2 Å². The van der Waals surface area contributed by atoms with Crippen LogP contribution in [0.25, 0.3) is 0 Å². The van der Waals surface area contributed by atoms with Gasteiger partial charge in [-0.3, -0.25) is 4.79 Å². The first kappa shape index (κ1) is 19.0. The van der Waals surface area contributed by atoms with Crippen LogP contribution in [0.2, 0.25) is 0 Å². The van der Waals surface area contributed by atoms with Crippen LogP contribution in [0.3, 0.4) is 0 Å². The van der Waals surface area contributed by atoms with Gasteiger partial charge in [0.1, 0.15) is 0 Å². The molecule has 0 aromatic heterocycles. The minimum atomic E-state index is -3.65. The zero-order valence-electron chi connectivity index (χ0n) is 16.4. The van der Waals surface area contributed by atoms with E-state index >= 15 is 0 Å². The average molecular weight is 419 g/mol. The van der Waals surface area contributed by atoms with Crippen LogP contribution in [0.4, 0.5) is 0 Å². The highest BCUT2D eigenvalue weighted by Gasteiger charge is 2.57. The van der Waals surface area contributed by atoms with E-state index in [4.69, 9.17) is 0 Å². The maximum atomic E-state index is 13.5. The number of hydrogen-bond acceptors (Lipinski definition) is 3. The summed E-state index contributed by atoms with van der Waals surface area (Å²) < 4.78 is 28.6. The number of nitrogens with zero attached hydrogens (tertiary/aromatic N) is 2. The van der Waals surface area contributed by atoms with Crippen LogP contribution in [0.5, 0.6) is 0 Å². The first-order valence-electron chi connectivity index (χ1n) is 10.0. The van der Waals surface area contributed by atoms with Gasteiger partial charge in [-0.1, -0.05) is 66.7 Å². The molecule has 152 valence electrons. The largest absolute Gasteiger partial charge is 0.336 e. The van der Waals surface area contributed by atoms with E-state index in [1.807, 2.05) is 60.7 Å². The molecule has 1 fully saturated rings. The van der Waals surface area contributed by atoms with Crippen molar-refractivity contribution in [3.8, 4) is 0 Å². The monoisotopic (exact) mass is 418 g/mol. The van der Waals surface area contributed by atoms with Crippen molar-refractivity contribution in [2.75, 3.05) is 13.1 Å². The van der Waals surface area contributed by atoms with Gasteiger partial charge in [-0.15, -0.1) is 0 Å². The maximum absolute atomic E-state index is 13.5. The fraction of sp³-hybridized carbons (Fsp3) is 0.208. The lowest BCUT2D eigenvalue weighted by Gasteiger charge is -2.34. The van der Waals surface area contributed by atoms with E-state index in [-0.39, 0.29) is 12.5 Å². The second kappa shape index (κ2) is 7.07. The Balaban J connectivity index is 1.57. The van der Waals surface area contributed by atoms with E-state index in [9.17, 15) is 13.2 Å². The highest BCUT2D eigenvalue weighted by molar-refractivity contribution is 7.89. The summed E-state index contributed by atoms with van der Waals surface area (Å²) in [4.78, 5) is 15.2. The molecule has 1 saturated heterocycles. The third-order valence-electron chi connectivity index (χ3n) is 6.16. The predicted molar refractivity (Wildman–Crippen MR) is 114 cm³/mol. The van der Waals surface area contributed by atoms with Crippen molar-refractivity contribution in [2.24, 2.45) is 0 Å². The van der Waals surface area contributed by atoms with E-state index < -0.39 is 15.6 Å². The standard InChI is InChI=1S/C24H22N2O3S/c27-23(20-11-5-2-6-12-20)25-16-15-24(18-25)21-13-7-8-14-22(21)30(28,29)26(24)17-19-9-3-1-4-10-19/h1-14H,15-18H2. The molecule has 0 bridgehead atoms. The summed E-state index contributed by atoms with van der Waals surface area (Å²) in [5.74, 6) is -0.0612. The minimum Gasteiger partial charge on any atom is -0.336 e. The maximum Gasteiger partial charge on any atom is 0.253 e. The molecule has 0 saturated carbocycles. The lowest BCUT2D eigenvalue weighted by atomic mass is 9.88. The molecule has 1 unspecified atom stereocenters. The van der Waals surface area contributed by atoms with Gasteiger partial charge in [0.05, 0.1) is 10.4 Å². The van der Waals surface area contributed by atoms with Crippen LogP contribution in [0.15, 0.2) is 89.8 Å². The van der Waals surface area contributed by atoms with E-state index in [0.29, 0.717) is 30.0 Å². The molecule has 6 heteroatoms. The van der Waals surface area contributed by atoms with Gasteiger partial charge in [-0.05, 0) is 35.7 Å². The first-order chi connectivity index (χ1) is 14.5. The number of likely N-dealkylation sites (tertiary alicyclic amines) is 1. The number of amides is 1. The Kier molecular flexibility index (Phi) is 4.49. The third kappa shape index (κ3) is 2.87. The van der Waals surface area contributed by atoms with Gasteiger partial charge >= 0.3 is 0 Å². The lowest BCUT2D eigenvalue weighted by molar-refractivity contribution is 0.0762. The van der Waals surface area contributed by atoms with Crippen LogP contribution >= 0.6 is 0 Å². The summed E-state index contributed by atoms with van der Waals surface area (Å²) in [7, 11) is -3.65. The number of hydrogen-bond donors (Lipinski definition) is 0. The average Bonchev–Trinajstić information content (AvgIpc) is 3.30. The zero-order valence-corrected chi connectivity index (χ0v) is 17.3. The van der Waals surface area contributed by atoms with Crippen molar-refractivity contribution in [1.29, 1.82) is 0 Å². The van der Waals surface area contributed by atoms with Gasteiger partial charge in [-0.25, -0.2) is 8.42 Å². The van der Waals surface area contributed by atoms with Crippen LogP contribution in [-0.2, 0) is 22.1 Å². The molecular weight excluding hydrogens is 396 g/mol. The molecule has 30 heavy (non-hydrogen) atoms. The molecule has 5 nitrogen and oxygen atoms in total. The van der Waals surface area contributed by atoms with Crippen molar-refractivity contribution in [3.05, 3.63) is 102 Å². The minimum absolute atomic E-state index is 0.0612. The van der Waals surface area contributed by atoms with Crippen molar-refractivity contribution >= 4 is 15.9 Å². The molecule has 0 radical (unpaired) electrons. The van der Waals surface area contributed by atoms with Crippen molar-refractivity contribution in [3.63, 3.8) is 0 Å². The van der Waals surface area contributed by atoms with E-state index in [1.165, 1.54) is 0 Å². The second-order valence-electron chi connectivity index (χ2n) is 7.87. The third-order valence-corrected chi connectivity index (χ3v) is 8.13. The lowest BCUT2D eigenvalue weighted by Crippen LogP contribution is -2.46. The van der Waals surface area contributed by atoms with Gasteiger partial charge in [0.15, 0.2) is 0 Å². The number of carbonyl (C=O) groups is 1. The molecule has 3 aromatic carbocycles. The Morgan fingerprint density at radius 2 is 1.50 bits per heavy atom. The highest BCUT2D eigenvalue weighted by atomic mass is 32.2. The van der Waals surface area contributed by atoms with Gasteiger partial charge in [0, 0.05) is 25.2 Å². The van der Waals surface area contributed by atoms with Gasteiger partial charge < -0.3 is 4.90 Å². The van der Waals surface area contributed by atoms with E-state index in [1.54, 1.807) is 33.5 Å². The number of sulfonamides is 1. The Morgan fingerprint density at radius 3 is 2.23 bits per heavy atom. The summed E-state index contributed by atoms with van der Waals surface area (Å²) in [5, 5.41) is 0. The molecular formula is C24H22N2O3S. The fourth-order valence-corrected chi connectivity index (χ4v) is 6.75. The smallest absolute Gasteiger partial charge is 0.253 e. The molecule has 1 amide bonds. The van der Waals surface area contributed by atoms with Crippen molar-refractivity contribution in [1.82, 2.24) is 9.21 Å². The molecule has 2 aliphatic rings. The molecule has 2 aliphatic heterocycles. The number of rotatable bonds is 3. The molecule has 3 aromatic rings. The van der Waals surface area contributed by atoms with Gasteiger partial charge in [0.25, 0.3) is 5.91 Å². The van der Waals surface area contributed by atoms with E-state index in [0.717, 1.165) is 11.1 Å².